The number of hydrogen-bond donors (Lipinski definition) is 1. The van der Waals surface area contributed by atoms with Gasteiger partial charge < -0.3 is 19.9 Å². The Morgan fingerprint density at radius 3 is 2.55 bits per heavy atom. The first-order valence-corrected chi connectivity index (χ1v) is 15.5. The van der Waals surface area contributed by atoms with Gasteiger partial charge in [-0.3, -0.25) is 9.59 Å². The fourth-order valence-corrected chi connectivity index (χ4v) is 6.41. The van der Waals surface area contributed by atoms with Crippen LogP contribution in [0.5, 0.6) is 5.75 Å². The lowest BCUT2D eigenvalue weighted by Crippen LogP contribution is -2.46. The largest absolute Gasteiger partial charge is 0.495 e. The highest BCUT2D eigenvalue weighted by Gasteiger charge is 2.27. The molecule has 232 valence electrons. The third-order valence-corrected chi connectivity index (χ3v) is 8.64. The maximum atomic E-state index is 13.3. The Kier molecular flexibility index (Phi) is 8.51. The Labute approximate surface area is 256 Å². The highest BCUT2D eigenvalue weighted by molar-refractivity contribution is 5.77. The van der Waals surface area contributed by atoms with E-state index in [0.29, 0.717) is 28.8 Å². The summed E-state index contributed by atoms with van der Waals surface area (Å²) >= 11 is 0. The molecule has 2 aliphatic heterocycles. The minimum atomic E-state index is -0.273. The molecule has 12 nitrogen and oxygen atoms in total. The van der Waals surface area contributed by atoms with Crippen LogP contribution in [0, 0.1) is 0 Å². The minimum absolute atomic E-state index is 0.158. The lowest BCUT2D eigenvalue weighted by molar-refractivity contribution is 0.141. The van der Waals surface area contributed by atoms with E-state index < -0.39 is 0 Å². The number of methoxy groups -OCH3 is 1. The smallest absolute Gasteiger partial charge is 0.278 e. The van der Waals surface area contributed by atoms with E-state index >= 15 is 0 Å². The Balaban J connectivity index is 1.27. The number of benzene rings is 1. The first-order chi connectivity index (χ1) is 21.4. The number of ether oxygens (including phenoxy) is 1. The molecule has 1 aromatic carbocycles. The van der Waals surface area contributed by atoms with Gasteiger partial charge in [-0.2, -0.15) is 4.98 Å². The maximum Gasteiger partial charge on any atom is 0.278 e. The molecule has 3 aromatic heterocycles. The fraction of sp³-hybridized carbons (Fsp3) is 0.469. The lowest BCUT2D eigenvalue weighted by atomic mass is 9.99. The standard InChI is InChI=1S/C32H41N9O3/c1-5-15-39-31(43)25-21-33-32(35-30(25)41(39)28-11-12-29(42)40(36-28)22(2)3)34-23-9-10-26(27(20-23)44-4)38-18-13-24(14-19-38)37-16-7-6-8-17-37/h5,9-12,20-22,24H,1,6-8,13-19H2,2-4H3,(H,33,34,35). The highest BCUT2D eigenvalue weighted by atomic mass is 16.5. The van der Waals surface area contributed by atoms with E-state index in [1.54, 1.807) is 23.9 Å². The Bertz CT molecular complexity index is 1760. The van der Waals surface area contributed by atoms with Crippen LogP contribution in [0.3, 0.4) is 0 Å². The molecule has 44 heavy (non-hydrogen) atoms. The molecule has 4 aromatic rings. The molecule has 2 aliphatic rings. The van der Waals surface area contributed by atoms with Gasteiger partial charge in [0.2, 0.25) is 5.95 Å². The van der Waals surface area contributed by atoms with Crippen LogP contribution in [0.4, 0.5) is 17.3 Å². The zero-order valence-electron chi connectivity index (χ0n) is 25.8. The molecule has 0 amide bonds. The molecular weight excluding hydrogens is 558 g/mol. The molecule has 0 spiro atoms. The second-order valence-electron chi connectivity index (χ2n) is 11.8. The monoisotopic (exact) mass is 599 g/mol. The van der Waals surface area contributed by atoms with Crippen LogP contribution in [-0.2, 0) is 6.54 Å². The van der Waals surface area contributed by atoms with Crippen molar-refractivity contribution >= 4 is 28.4 Å². The summed E-state index contributed by atoms with van der Waals surface area (Å²) in [7, 11) is 1.69. The van der Waals surface area contributed by atoms with Crippen molar-refractivity contribution in [3.05, 3.63) is 69.9 Å². The Morgan fingerprint density at radius 2 is 1.84 bits per heavy atom. The van der Waals surface area contributed by atoms with E-state index in [1.165, 1.54) is 54.0 Å². The van der Waals surface area contributed by atoms with Crippen molar-refractivity contribution in [3.8, 4) is 11.6 Å². The van der Waals surface area contributed by atoms with Gasteiger partial charge in [0.25, 0.3) is 11.1 Å². The Morgan fingerprint density at radius 1 is 1.07 bits per heavy atom. The van der Waals surface area contributed by atoms with Crippen molar-refractivity contribution in [2.75, 3.05) is 43.5 Å². The molecule has 0 atom stereocenters. The van der Waals surface area contributed by atoms with E-state index in [1.807, 2.05) is 26.0 Å². The number of fused-ring (bicyclic) bond motifs is 1. The quantitative estimate of drug-likeness (QED) is 0.284. The second kappa shape index (κ2) is 12.7. The Hall–Kier alpha value is -4.45. The normalized spacial score (nSPS) is 16.5. The van der Waals surface area contributed by atoms with E-state index in [-0.39, 0.29) is 23.7 Å². The van der Waals surface area contributed by atoms with Crippen molar-refractivity contribution < 1.29 is 4.74 Å². The van der Waals surface area contributed by atoms with Gasteiger partial charge in [0.15, 0.2) is 11.5 Å². The first-order valence-electron chi connectivity index (χ1n) is 15.5. The maximum absolute atomic E-state index is 13.3. The molecule has 6 rings (SSSR count). The summed E-state index contributed by atoms with van der Waals surface area (Å²) in [5.74, 6) is 1.49. The number of piperidine rings is 2. The molecule has 2 fully saturated rings. The second-order valence-corrected chi connectivity index (χ2v) is 11.8. The van der Waals surface area contributed by atoms with E-state index in [9.17, 15) is 9.59 Å². The number of likely N-dealkylation sites (tertiary alicyclic amines) is 1. The zero-order chi connectivity index (χ0) is 30.8. The summed E-state index contributed by atoms with van der Waals surface area (Å²) in [4.78, 5) is 40.0. The fourth-order valence-electron chi connectivity index (χ4n) is 6.41. The summed E-state index contributed by atoms with van der Waals surface area (Å²) in [6, 6.07) is 9.59. The molecule has 2 saturated heterocycles. The number of nitrogens with one attached hydrogen (secondary N) is 1. The number of anilines is 3. The van der Waals surface area contributed by atoms with Gasteiger partial charge in [0.05, 0.1) is 25.4 Å². The molecule has 1 N–H and O–H groups in total. The number of nitrogens with zero attached hydrogens (tertiary/aromatic N) is 8. The van der Waals surface area contributed by atoms with Gasteiger partial charge >= 0.3 is 0 Å². The molecule has 0 unspecified atom stereocenters. The molecule has 0 radical (unpaired) electrons. The van der Waals surface area contributed by atoms with Gasteiger partial charge in [-0.05, 0) is 70.8 Å². The first kappa shape index (κ1) is 29.6. The number of allylic oxidation sites excluding steroid dienone is 1. The van der Waals surface area contributed by atoms with Crippen LogP contribution in [0.2, 0.25) is 0 Å². The molecule has 0 bridgehead atoms. The van der Waals surface area contributed by atoms with Crippen molar-refractivity contribution in [2.24, 2.45) is 0 Å². The molecule has 5 heterocycles. The van der Waals surface area contributed by atoms with E-state index in [4.69, 9.17) is 9.72 Å². The van der Waals surface area contributed by atoms with Crippen molar-refractivity contribution in [3.63, 3.8) is 0 Å². The number of aromatic nitrogens is 6. The van der Waals surface area contributed by atoms with Crippen molar-refractivity contribution in [2.45, 2.75) is 64.6 Å². The third kappa shape index (κ3) is 5.73. The molecular formula is C32H41N9O3. The summed E-state index contributed by atoms with van der Waals surface area (Å²) < 4.78 is 10.3. The highest BCUT2D eigenvalue weighted by Crippen LogP contribution is 2.34. The van der Waals surface area contributed by atoms with Crippen molar-refractivity contribution in [1.29, 1.82) is 0 Å². The van der Waals surface area contributed by atoms with Crippen LogP contribution in [0.25, 0.3) is 16.9 Å². The molecule has 0 saturated carbocycles. The van der Waals surface area contributed by atoms with E-state index in [2.05, 4.69) is 37.8 Å². The number of rotatable bonds is 9. The van der Waals surface area contributed by atoms with E-state index in [0.717, 1.165) is 43.1 Å². The van der Waals surface area contributed by atoms with Gasteiger partial charge in [0.1, 0.15) is 11.1 Å². The molecule has 0 aliphatic carbocycles. The lowest BCUT2D eigenvalue weighted by Gasteiger charge is -2.41. The SMILES string of the molecule is C=CCn1c(=O)c2cnc(Nc3ccc(N4CCC(N5CCCCC5)CC4)c(OC)c3)nc2n1-c1ccc(=O)n(C(C)C)n1. The van der Waals surface area contributed by atoms with Gasteiger partial charge in [-0.1, -0.05) is 12.5 Å². The summed E-state index contributed by atoms with van der Waals surface area (Å²) in [5, 5.41) is 8.16. The predicted molar refractivity (Wildman–Crippen MR) is 173 cm³/mol. The summed E-state index contributed by atoms with van der Waals surface area (Å²) in [5.41, 5.74) is 1.72. The predicted octanol–water partition coefficient (Wildman–Crippen LogP) is 4.11. The van der Waals surface area contributed by atoms with Crippen molar-refractivity contribution in [1.82, 2.24) is 34.0 Å². The average Bonchev–Trinajstić information content (AvgIpc) is 3.32. The third-order valence-electron chi connectivity index (χ3n) is 8.64. The summed E-state index contributed by atoms with van der Waals surface area (Å²) in [6.07, 6.45) is 9.47. The topological polar surface area (TPSA) is 115 Å². The van der Waals surface area contributed by atoms with Crippen LogP contribution in [-0.4, -0.2) is 73.3 Å². The van der Waals surface area contributed by atoms with Crippen LogP contribution < -0.4 is 26.1 Å². The zero-order valence-corrected chi connectivity index (χ0v) is 25.8. The van der Waals surface area contributed by atoms with Crippen LogP contribution in [0.1, 0.15) is 52.0 Å². The van der Waals surface area contributed by atoms with Gasteiger partial charge in [-0.25, -0.2) is 19.0 Å². The summed E-state index contributed by atoms with van der Waals surface area (Å²) in [6.45, 7) is 12.3. The van der Waals surface area contributed by atoms with Crippen LogP contribution in [0.15, 0.2) is 58.8 Å². The van der Waals surface area contributed by atoms with Crippen LogP contribution >= 0.6 is 0 Å². The van der Waals surface area contributed by atoms with Gasteiger partial charge in [0, 0.05) is 43.1 Å². The average molecular weight is 600 g/mol. The van der Waals surface area contributed by atoms with Gasteiger partial charge in [-0.15, -0.1) is 11.7 Å². The minimum Gasteiger partial charge on any atom is -0.495 e. The molecule has 12 heteroatoms. The number of hydrogen-bond acceptors (Lipinski definition) is 9.